The first-order valence-electron chi connectivity index (χ1n) is 6.28. The number of aromatic carboxylic acids is 1. The maximum absolute atomic E-state index is 11.9. The van der Waals surface area contributed by atoms with Crippen LogP contribution in [0.15, 0.2) is 36.5 Å². The molecule has 2 N–H and O–H groups in total. The molecule has 108 valence electrons. The molecule has 0 fully saturated rings. The zero-order chi connectivity index (χ0) is 15.4. The number of rotatable bonds is 4. The first-order valence-corrected chi connectivity index (χ1v) is 6.28. The SMILES string of the molecule is Cc1ccc(NC(=O)/C=C/c2ccnn2C)c(C(=O)O)c1. The van der Waals surface area contributed by atoms with Gasteiger partial charge in [0.25, 0.3) is 0 Å². The highest BCUT2D eigenvalue weighted by Gasteiger charge is 2.11. The van der Waals surface area contributed by atoms with Crippen LogP contribution in [0.4, 0.5) is 5.69 Å². The van der Waals surface area contributed by atoms with Crippen molar-refractivity contribution in [1.29, 1.82) is 0 Å². The van der Waals surface area contributed by atoms with Crippen LogP contribution < -0.4 is 5.32 Å². The molecule has 0 aliphatic carbocycles. The van der Waals surface area contributed by atoms with Gasteiger partial charge in [-0.05, 0) is 31.2 Å². The first kappa shape index (κ1) is 14.5. The van der Waals surface area contributed by atoms with Crippen molar-refractivity contribution in [3.05, 3.63) is 53.4 Å². The predicted octanol–water partition coefficient (Wildman–Crippen LogP) is 2.08. The second-order valence-electron chi connectivity index (χ2n) is 4.56. The quantitative estimate of drug-likeness (QED) is 0.842. The molecule has 2 aromatic rings. The molecule has 1 aromatic carbocycles. The van der Waals surface area contributed by atoms with Crippen molar-refractivity contribution in [2.24, 2.45) is 7.05 Å². The Balaban J connectivity index is 2.15. The van der Waals surface area contributed by atoms with Crippen LogP contribution in [-0.4, -0.2) is 26.8 Å². The minimum atomic E-state index is -1.08. The minimum absolute atomic E-state index is 0.0669. The van der Waals surface area contributed by atoms with Crippen LogP contribution in [-0.2, 0) is 11.8 Å². The lowest BCUT2D eigenvalue weighted by atomic mass is 10.1. The molecule has 0 radical (unpaired) electrons. The van der Waals surface area contributed by atoms with Crippen molar-refractivity contribution in [1.82, 2.24) is 9.78 Å². The van der Waals surface area contributed by atoms with Crippen molar-refractivity contribution < 1.29 is 14.7 Å². The summed E-state index contributed by atoms with van der Waals surface area (Å²) in [6.07, 6.45) is 4.57. The van der Waals surface area contributed by atoms with Gasteiger partial charge < -0.3 is 10.4 Å². The van der Waals surface area contributed by atoms with Crippen molar-refractivity contribution in [3.8, 4) is 0 Å². The Hall–Kier alpha value is -2.89. The highest BCUT2D eigenvalue weighted by Crippen LogP contribution is 2.17. The van der Waals surface area contributed by atoms with E-state index in [1.54, 1.807) is 49.1 Å². The Bertz CT molecular complexity index is 717. The number of benzene rings is 1. The number of hydrogen-bond donors (Lipinski definition) is 2. The zero-order valence-electron chi connectivity index (χ0n) is 11.7. The lowest BCUT2D eigenvalue weighted by molar-refractivity contribution is -0.111. The Morgan fingerprint density at radius 2 is 2.10 bits per heavy atom. The van der Waals surface area contributed by atoms with Gasteiger partial charge in [-0.1, -0.05) is 11.6 Å². The molecule has 6 nitrogen and oxygen atoms in total. The van der Waals surface area contributed by atoms with E-state index in [2.05, 4.69) is 10.4 Å². The summed E-state index contributed by atoms with van der Waals surface area (Å²) in [5.41, 5.74) is 1.92. The molecular weight excluding hydrogens is 270 g/mol. The average Bonchev–Trinajstić information content (AvgIpc) is 2.84. The molecule has 0 spiro atoms. The summed E-state index contributed by atoms with van der Waals surface area (Å²) in [5, 5.41) is 15.7. The third-order valence-electron chi connectivity index (χ3n) is 2.93. The fourth-order valence-corrected chi connectivity index (χ4v) is 1.83. The van der Waals surface area contributed by atoms with Crippen LogP contribution >= 0.6 is 0 Å². The number of carboxylic acids is 1. The number of nitrogens with zero attached hydrogens (tertiary/aromatic N) is 2. The Morgan fingerprint density at radius 1 is 1.33 bits per heavy atom. The minimum Gasteiger partial charge on any atom is -0.478 e. The highest BCUT2D eigenvalue weighted by molar-refractivity contribution is 6.06. The van der Waals surface area contributed by atoms with Gasteiger partial charge in [0.1, 0.15) is 0 Å². The molecule has 1 amide bonds. The molecule has 2 rings (SSSR count). The fourth-order valence-electron chi connectivity index (χ4n) is 1.83. The monoisotopic (exact) mass is 285 g/mol. The Morgan fingerprint density at radius 3 is 2.71 bits per heavy atom. The van der Waals surface area contributed by atoms with Crippen LogP contribution in [0.25, 0.3) is 6.08 Å². The number of aromatic nitrogens is 2. The van der Waals surface area contributed by atoms with Crippen LogP contribution in [0, 0.1) is 6.92 Å². The molecule has 21 heavy (non-hydrogen) atoms. The number of nitrogens with one attached hydrogen (secondary N) is 1. The standard InChI is InChI=1S/C15H15N3O3/c1-10-3-5-13(12(9-10)15(20)21)17-14(19)6-4-11-7-8-16-18(11)2/h3-9H,1-2H3,(H,17,19)(H,20,21)/b6-4+. The lowest BCUT2D eigenvalue weighted by Gasteiger charge is -2.07. The Kier molecular flexibility index (Phi) is 4.18. The van der Waals surface area contributed by atoms with Gasteiger partial charge in [0.2, 0.25) is 5.91 Å². The molecule has 0 aliphatic heterocycles. The summed E-state index contributed by atoms with van der Waals surface area (Å²) in [6, 6.07) is 6.60. The van der Waals surface area contributed by atoms with E-state index in [9.17, 15) is 9.59 Å². The number of aryl methyl sites for hydroxylation is 2. The third-order valence-corrected chi connectivity index (χ3v) is 2.93. The topological polar surface area (TPSA) is 84.2 Å². The van der Waals surface area contributed by atoms with Crippen molar-refractivity contribution in [2.45, 2.75) is 6.92 Å². The number of anilines is 1. The number of carbonyl (C=O) groups excluding carboxylic acids is 1. The van der Waals surface area contributed by atoms with E-state index in [1.807, 2.05) is 0 Å². The molecule has 0 unspecified atom stereocenters. The van der Waals surface area contributed by atoms with Crippen molar-refractivity contribution >= 4 is 23.6 Å². The molecule has 6 heteroatoms. The average molecular weight is 285 g/mol. The van der Waals surface area contributed by atoms with Gasteiger partial charge in [-0.3, -0.25) is 9.48 Å². The molecule has 1 heterocycles. The van der Waals surface area contributed by atoms with Gasteiger partial charge in [0.05, 0.1) is 16.9 Å². The van der Waals surface area contributed by atoms with Crippen LogP contribution in [0.2, 0.25) is 0 Å². The van der Waals surface area contributed by atoms with Crippen LogP contribution in [0.3, 0.4) is 0 Å². The van der Waals surface area contributed by atoms with Gasteiger partial charge in [-0.2, -0.15) is 5.10 Å². The van der Waals surface area contributed by atoms with Gasteiger partial charge in [-0.15, -0.1) is 0 Å². The zero-order valence-corrected chi connectivity index (χ0v) is 11.7. The second-order valence-corrected chi connectivity index (χ2v) is 4.56. The maximum Gasteiger partial charge on any atom is 0.337 e. The molecular formula is C15H15N3O3. The van der Waals surface area contributed by atoms with Crippen molar-refractivity contribution in [2.75, 3.05) is 5.32 Å². The van der Waals surface area contributed by atoms with Gasteiger partial charge in [-0.25, -0.2) is 4.79 Å². The predicted molar refractivity (Wildman–Crippen MR) is 79.0 cm³/mol. The largest absolute Gasteiger partial charge is 0.478 e. The van der Waals surface area contributed by atoms with E-state index in [-0.39, 0.29) is 11.3 Å². The maximum atomic E-state index is 11.9. The summed E-state index contributed by atoms with van der Waals surface area (Å²) in [7, 11) is 1.76. The van der Waals surface area contributed by atoms with Crippen molar-refractivity contribution in [3.63, 3.8) is 0 Å². The van der Waals surface area contributed by atoms with E-state index in [1.165, 1.54) is 12.1 Å². The van der Waals surface area contributed by atoms with E-state index in [0.29, 0.717) is 0 Å². The van der Waals surface area contributed by atoms with E-state index in [0.717, 1.165) is 11.3 Å². The van der Waals surface area contributed by atoms with Gasteiger partial charge >= 0.3 is 5.97 Å². The molecule has 0 bridgehead atoms. The smallest absolute Gasteiger partial charge is 0.337 e. The summed E-state index contributed by atoms with van der Waals surface area (Å²) in [5.74, 6) is -1.48. The molecule has 0 atom stereocenters. The second kappa shape index (κ2) is 6.04. The number of carboxylic acid groups (broad SMARTS) is 1. The van der Waals surface area contributed by atoms with E-state index >= 15 is 0 Å². The molecule has 0 aliphatic rings. The van der Waals surface area contributed by atoms with Gasteiger partial charge in [0.15, 0.2) is 0 Å². The fraction of sp³-hybridized carbons (Fsp3) is 0.133. The van der Waals surface area contributed by atoms with E-state index in [4.69, 9.17) is 5.11 Å². The summed E-state index contributed by atoms with van der Waals surface area (Å²) < 4.78 is 1.62. The summed E-state index contributed by atoms with van der Waals surface area (Å²) in [4.78, 5) is 23.0. The Labute approximate surface area is 121 Å². The van der Waals surface area contributed by atoms with Crippen LogP contribution in [0.5, 0.6) is 0 Å². The number of hydrogen-bond acceptors (Lipinski definition) is 3. The summed E-state index contributed by atoms with van der Waals surface area (Å²) >= 11 is 0. The normalized spacial score (nSPS) is 10.8. The van der Waals surface area contributed by atoms with Gasteiger partial charge in [0, 0.05) is 19.3 Å². The van der Waals surface area contributed by atoms with Crippen LogP contribution in [0.1, 0.15) is 21.6 Å². The number of carbonyl (C=O) groups is 2. The summed E-state index contributed by atoms with van der Waals surface area (Å²) in [6.45, 7) is 1.79. The van der Waals surface area contributed by atoms with E-state index < -0.39 is 11.9 Å². The lowest BCUT2D eigenvalue weighted by Crippen LogP contribution is -2.12. The third kappa shape index (κ3) is 3.56. The molecule has 0 saturated carbocycles. The number of amides is 1. The first-order chi connectivity index (χ1) is 9.97. The molecule has 0 saturated heterocycles. The molecule has 1 aromatic heterocycles. The highest BCUT2D eigenvalue weighted by atomic mass is 16.4.